The number of hydrogen-bond donors (Lipinski definition) is 1. The highest BCUT2D eigenvalue weighted by Crippen LogP contribution is 2.69. The van der Waals surface area contributed by atoms with Gasteiger partial charge in [0.1, 0.15) is 6.54 Å². The smallest absolute Gasteiger partial charge is 0.328 e. The standard InChI is InChI=1S/C28H35NO7S/c1-4-5-24-35-22-11-19-18-7-6-16-10-17(30)8-9-26(16,2)25(18)20(31)12-27(19,3)28(22,36-24)21(32)14-34-23(33)13-29-15-37/h8-10,18-20,22,24-25,31H,4-7,11-14H2,1-3H3/t18-,19-,20-,22+,24?,25+,26-,27-,28+/m0/s1. The molecule has 3 saturated carbocycles. The van der Waals surface area contributed by atoms with Crippen molar-refractivity contribution in [2.75, 3.05) is 13.2 Å². The topological polar surface area (TPSA) is 111 Å². The number of nitrogens with zero attached hydrogens (tertiary/aromatic N) is 1. The number of aliphatic hydroxyl groups is 1. The molecule has 9 atom stereocenters. The zero-order valence-corrected chi connectivity index (χ0v) is 22.4. The molecular weight excluding hydrogens is 494 g/mol. The molecule has 1 unspecified atom stereocenters. The van der Waals surface area contributed by atoms with E-state index in [1.54, 1.807) is 12.2 Å². The highest BCUT2D eigenvalue weighted by atomic mass is 32.1. The van der Waals surface area contributed by atoms with Crippen LogP contribution in [0.3, 0.4) is 0 Å². The van der Waals surface area contributed by atoms with Crippen LogP contribution >= 0.6 is 12.2 Å². The van der Waals surface area contributed by atoms with Gasteiger partial charge in [0.15, 0.2) is 24.3 Å². The van der Waals surface area contributed by atoms with Gasteiger partial charge in [-0.15, -0.1) is 0 Å². The summed E-state index contributed by atoms with van der Waals surface area (Å²) < 4.78 is 18.2. The lowest BCUT2D eigenvalue weighted by molar-refractivity contribution is -0.201. The third-order valence-corrected chi connectivity index (χ3v) is 9.99. The van der Waals surface area contributed by atoms with Crippen LogP contribution in [-0.4, -0.2) is 65.1 Å². The summed E-state index contributed by atoms with van der Waals surface area (Å²) in [6.45, 7) is 5.44. The highest BCUT2D eigenvalue weighted by molar-refractivity contribution is 7.78. The van der Waals surface area contributed by atoms with Crippen LogP contribution in [0.2, 0.25) is 0 Å². The number of carbonyl (C=O) groups excluding carboxylic acids is 3. The van der Waals surface area contributed by atoms with E-state index in [0.29, 0.717) is 19.3 Å². The Hall–Kier alpha value is -2.03. The molecule has 8 nitrogen and oxygen atoms in total. The Balaban J connectivity index is 1.48. The van der Waals surface area contributed by atoms with Gasteiger partial charge in [0.05, 0.1) is 17.4 Å². The Morgan fingerprint density at radius 3 is 2.86 bits per heavy atom. The molecule has 0 amide bonds. The van der Waals surface area contributed by atoms with Gasteiger partial charge in [-0.25, -0.2) is 4.99 Å². The van der Waals surface area contributed by atoms with Crippen LogP contribution < -0.4 is 0 Å². The number of hydrogen-bond acceptors (Lipinski definition) is 9. The van der Waals surface area contributed by atoms with E-state index in [2.05, 4.69) is 29.3 Å². The molecule has 37 heavy (non-hydrogen) atoms. The normalized spacial score (nSPS) is 43.6. The summed E-state index contributed by atoms with van der Waals surface area (Å²) in [6, 6.07) is 0. The molecule has 4 fully saturated rings. The van der Waals surface area contributed by atoms with Crippen LogP contribution in [0.15, 0.2) is 28.8 Å². The van der Waals surface area contributed by atoms with Crippen molar-refractivity contribution >= 4 is 34.9 Å². The number of aliphatic imine (C=N–C) groups is 1. The number of esters is 1. The average Bonchev–Trinajstić information content (AvgIpc) is 3.33. The number of rotatable bonds is 7. The maximum Gasteiger partial charge on any atom is 0.328 e. The van der Waals surface area contributed by atoms with Crippen LogP contribution in [0.4, 0.5) is 0 Å². The number of ether oxygens (including phenoxy) is 3. The summed E-state index contributed by atoms with van der Waals surface area (Å²) in [5, 5.41) is 13.8. The van der Waals surface area contributed by atoms with E-state index in [9.17, 15) is 19.5 Å². The van der Waals surface area contributed by atoms with E-state index in [1.165, 1.54) is 0 Å². The molecule has 200 valence electrons. The molecular formula is C28H35NO7S. The Morgan fingerprint density at radius 2 is 2.14 bits per heavy atom. The summed E-state index contributed by atoms with van der Waals surface area (Å²) in [5.41, 5.74) is -1.35. The molecule has 0 aromatic rings. The fourth-order valence-electron chi connectivity index (χ4n) is 8.40. The molecule has 1 aliphatic heterocycles. The Bertz CT molecular complexity index is 1110. The molecule has 9 heteroatoms. The van der Waals surface area contributed by atoms with Gasteiger partial charge in [0.2, 0.25) is 5.78 Å². The number of carbonyl (C=O) groups is 3. The summed E-state index contributed by atoms with van der Waals surface area (Å²) in [5.74, 6) is -0.882. The van der Waals surface area contributed by atoms with E-state index in [1.807, 2.05) is 19.9 Å². The summed E-state index contributed by atoms with van der Waals surface area (Å²) >= 11 is 4.50. The first-order valence-electron chi connectivity index (χ1n) is 13.3. The maximum atomic E-state index is 13.9. The predicted molar refractivity (Wildman–Crippen MR) is 137 cm³/mol. The molecule has 1 N–H and O–H groups in total. The molecule has 4 aliphatic carbocycles. The van der Waals surface area contributed by atoms with Gasteiger partial charge in [0.25, 0.3) is 0 Å². The number of Topliss-reactive ketones (excluding diaryl/α,β-unsaturated/α-hetero) is 1. The van der Waals surface area contributed by atoms with Crippen LogP contribution in [-0.2, 0) is 28.6 Å². The first kappa shape index (κ1) is 26.6. The van der Waals surface area contributed by atoms with Crippen molar-refractivity contribution in [3.63, 3.8) is 0 Å². The highest BCUT2D eigenvalue weighted by Gasteiger charge is 2.75. The summed E-state index contributed by atoms with van der Waals surface area (Å²) in [6.07, 6.45) is 7.68. The number of ketones is 2. The van der Waals surface area contributed by atoms with Crippen LogP contribution in [0.25, 0.3) is 0 Å². The second-order valence-electron chi connectivity index (χ2n) is 11.6. The molecule has 1 heterocycles. The predicted octanol–water partition coefficient (Wildman–Crippen LogP) is 3.37. The number of thiocarbonyl (C=S) groups is 1. The minimum absolute atomic E-state index is 0.00406. The molecule has 0 aromatic heterocycles. The molecule has 5 aliphatic rings. The second-order valence-corrected chi connectivity index (χ2v) is 11.8. The Labute approximate surface area is 222 Å². The van der Waals surface area contributed by atoms with E-state index in [0.717, 1.165) is 24.8 Å². The van der Waals surface area contributed by atoms with E-state index in [-0.39, 0.29) is 35.9 Å². The van der Waals surface area contributed by atoms with Crippen molar-refractivity contribution in [1.29, 1.82) is 0 Å². The monoisotopic (exact) mass is 529 g/mol. The first-order chi connectivity index (χ1) is 17.6. The lowest BCUT2D eigenvalue weighted by Gasteiger charge is -2.59. The van der Waals surface area contributed by atoms with Crippen molar-refractivity contribution < 1.29 is 33.7 Å². The lowest BCUT2D eigenvalue weighted by atomic mass is 9.46. The Morgan fingerprint density at radius 1 is 1.35 bits per heavy atom. The molecule has 5 rings (SSSR count). The summed E-state index contributed by atoms with van der Waals surface area (Å²) in [4.78, 5) is 41.7. The number of isothiocyanates is 1. The molecule has 0 radical (unpaired) electrons. The zero-order valence-electron chi connectivity index (χ0n) is 21.6. The SMILES string of the molecule is CCCC1O[C@@H]2C[C@H]3[C@@H]4CCC5=CC(=O)C=C[C@]5(C)[C@H]4[C@@H](O)C[C@]3(C)[C@]2(C(=O)COC(=O)CN=C=S)O1. The van der Waals surface area contributed by atoms with E-state index < -0.39 is 47.5 Å². The van der Waals surface area contributed by atoms with E-state index >= 15 is 0 Å². The number of aliphatic hydroxyl groups excluding tert-OH is 1. The third kappa shape index (κ3) is 3.93. The van der Waals surface area contributed by atoms with Crippen molar-refractivity contribution in [1.82, 2.24) is 0 Å². The Kier molecular flexibility index (Phi) is 6.91. The lowest BCUT2D eigenvalue weighted by Crippen LogP contribution is -2.63. The minimum atomic E-state index is -1.31. The van der Waals surface area contributed by atoms with Gasteiger partial charge in [-0.2, -0.15) is 0 Å². The van der Waals surface area contributed by atoms with Gasteiger partial charge in [-0.3, -0.25) is 14.4 Å². The van der Waals surface area contributed by atoms with Gasteiger partial charge < -0.3 is 19.3 Å². The third-order valence-electron chi connectivity index (χ3n) is 9.86. The number of fused-ring (bicyclic) bond motifs is 7. The quantitative estimate of drug-likeness (QED) is 0.304. The first-order valence-corrected chi connectivity index (χ1v) is 13.7. The fraction of sp³-hybridized carbons (Fsp3) is 0.714. The second kappa shape index (κ2) is 9.62. The van der Waals surface area contributed by atoms with Crippen LogP contribution in [0.1, 0.15) is 59.3 Å². The molecule has 1 saturated heterocycles. The van der Waals surface area contributed by atoms with Gasteiger partial charge in [-0.1, -0.05) is 38.8 Å². The average molecular weight is 530 g/mol. The molecule has 0 bridgehead atoms. The van der Waals surface area contributed by atoms with Gasteiger partial charge >= 0.3 is 5.97 Å². The maximum absolute atomic E-state index is 13.9. The van der Waals surface area contributed by atoms with Gasteiger partial charge in [-0.05, 0) is 68.3 Å². The van der Waals surface area contributed by atoms with Gasteiger partial charge in [0, 0.05) is 16.7 Å². The van der Waals surface area contributed by atoms with E-state index in [4.69, 9.17) is 14.2 Å². The minimum Gasteiger partial charge on any atom is -0.456 e. The molecule has 0 spiro atoms. The van der Waals surface area contributed by atoms with Crippen LogP contribution in [0.5, 0.6) is 0 Å². The zero-order chi connectivity index (χ0) is 26.6. The van der Waals surface area contributed by atoms with Crippen molar-refractivity contribution in [3.8, 4) is 0 Å². The number of allylic oxidation sites excluding steroid dienone is 4. The molecule has 0 aromatic carbocycles. The van der Waals surface area contributed by atoms with Crippen molar-refractivity contribution in [2.45, 2.75) is 83.4 Å². The largest absolute Gasteiger partial charge is 0.456 e. The fourth-order valence-corrected chi connectivity index (χ4v) is 8.47. The van der Waals surface area contributed by atoms with Crippen molar-refractivity contribution in [3.05, 3.63) is 23.8 Å². The van der Waals surface area contributed by atoms with Crippen LogP contribution in [0, 0.1) is 28.6 Å². The van der Waals surface area contributed by atoms with Crippen molar-refractivity contribution in [2.24, 2.45) is 33.6 Å². The summed E-state index contributed by atoms with van der Waals surface area (Å²) in [7, 11) is 0.